The summed E-state index contributed by atoms with van der Waals surface area (Å²) in [6, 6.07) is 5.91. The van der Waals surface area contributed by atoms with Crippen LogP contribution < -0.4 is 5.43 Å². The zero-order chi connectivity index (χ0) is 15.1. The molecule has 0 unspecified atom stereocenters. The summed E-state index contributed by atoms with van der Waals surface area (Å²) in [5.41, 5.74) is 4.09. The molecule has 20 heavy (non-hydrogen) atoms. The Labute approximate surface area is 118 Å². The Hall–Kier alpha value is -2.24. The van der Waals surface area contributed by atoms with Crippen molar-refractivity contribution in [2.45, 2.75) is 33.6 Å². The summed E-state index contributed by atoms with van der Waals surface area (Å²) in [7, 11) is 0. The van der Waals surface area contributed by atoms with Crippen LogP contribution in [-0.2, 0) is 11.2 Å². The summed E-state index contributed by atoms with van der Waals surface area (Å²) in [5.74, 6) is 0.257. The number of benzene rings is 1. The highest BCUT2D eigenvalue weighted by Gasteiger charge is 2.07. The monoisotopic (exact) mass is 277 g/mol. The van der Waals surface area contributed by atoms with Gasteiger partial charge in [0.15, 0.2) is 0 Å². The van der Waals surface area contributed by atoms with E-state index in [1.807, 2.05) is 6.92 Å². The van der Waals surface area contributed by atoms with E-state index in [4.69, 9.17) is 0 Å². The number of hydrogen-bond acceptors (Lipinski definition) is 4. The van der Waals surface area contributed by atoms with Gasteiger partial charge in [-0.3, -0.25) is 14.9 Å². The molecule has 1 aromatic carbocycles. The van der Waals surface area contributed by atoms with Crippen molar-refractivity contribution in [3.63, 3.8) is 0 Å². The minimum absolute atomic E-state index is 0.0138. The van der Waals surface area contributed by atoms with Gasteiger partial charge >= 0.3 is 0 Å². The van der Waals surface area contributed by atoms with Crippen molar-refractivity contribution >= 4 is 17.3 Å². The second kappa shape index (κ2) is 7.37. The molecular weight excluding hydrogens is 258 g/mol. The standard InChI is InChI=1S/C14H19N3O3/c1-10(2)8-11(3)15-16-14(18)9-12-4-6-13(7-5-12)17(19)20/h4-7,10H,8-9H2,1-3H3,(H,16,18)/b15-11+. The van der Waals surface area contributed by atoms with Gasteiger partial charge in [0, 0.05) is 17.8 Å². The minimum Gasteiger partial charge on any atom is -0.273 e. The first kappa shape index (κ1) is 15.8. The van der Waals surface area contributed by atoms with Crippen LogP contribution in [0.1, 0.15) is 32.8 Å². The van der Waals surface area contributed by atoms with Gasteiger partial charge in [-0.25, -0.2) is 5.43 Å². The number of non-ortho nitro benzene ring substituents is 1. The van der Waals surface area contributed by atoms with Crippen LogP contribution in [0.15, 0.2) is 29.4 Å². The highest BCUT2D eigenvalue weighted by atomic mass is 16.6. The molecule has 0 aliphatic heterocycles. The third-order valence-electron chi connectivity index (χ3n) is 2.59. The smallest absolute Gasteiger partial charge is 0.269 e. The second-order valence-electron chi connectivity index (χ2n) is 5.08. The number of hydrazone groups is 1. The molecule has 0 saturated carbocycles. The van der Waals surface area contributed by atoms with Crippen LogP contribution in [0, 0.1) is 16.0 Å². The SMILES string of the molecule is C/C(CC(C)C)=N\NC(=O)Cc1ccc([N+](=O)[O-])cc1. The van der Waals surface area contributed by atoms with Crippen molar-refractivity contribution in [1.82, 2.24) is 5.43 Å². The topological polar surface area (TPSA) is 84.6 Å². The van der Waals surface area contributed by atoms with Crippen molar-refractivity contribution in [1.29, 1.82) is 0 Å². The molecule has 0 aromatic heterocycles. The van der Waals surface area contributed by atoms with Crippen molar-refractivity contribution in [3.8, 4) is 0 Å². The van der Waals surface area contributed by atoms with Crippen LogP contribution in [0.25, 0.3) is 0 Å². The highest BCUT2D eigenvalue weighted by molar-refractivity contribution is 5.85. The molecule has 108 valence electrons. The number of hydrogen-bond donors (Lipinski definition) is 1. The quantitative estimate of drug-likeness (QED) is 0.493. The molecule has 1 amide bonds. The zero-order valence-corrected chi connectivity index (χ0v) is 11.9. The average Bonchev–Trinajstić information content (AvgIpc) is 2.36. The van der Waals surface area contributed by atoms with E-state index in [-0.39, 0.29) is 18.0 Å². The van der Waals surface area contributed by atoms with Gasteiger partial charge in [-0.1, -0.05) is 26.0 Å². The van der Waals surface area contributed by atoms with Gasteiger partial charge in [0.25, 0.3) is 5.69 Å². The number of carbonyl (C=O) groups excluding carboxylic acids is 1. The summed E-state index contributed by atoms with van der Waals surface area (Å²) < 4.78 is 0. The molecule has 0 fully saturated rings. The average molecular weight is 277 g/mol. The van der Waals surface area contributed by atoms with E-state index in [1.54, 1.807) is 12.1 Å². The molecular formula is C14H19N3O3. The maximum absolute atomic E-state index is 11.7. The molecule has 1 N–H and O–H groups in total. The summed E-state index contributed by atoms with van der Waals surface area (Å²) in [6.45, 7) is 6.03. The van der Waals surface area contributed by atoms with E-state index < -0.39 is 4.92 Å². The lowest BCUT2D eigenvalue weighted by Gasteiger charge is -2.05. The van der Waals surface area contributed by atoms with E-state index in [0.717, 1.165) is 12.1 Å². The van der Waals surface area contributed by atoms with Crippen LogP contribution in [0.5, 0.6) is 0 Å². The molecule has 0 aliphatic carbocycles. The van der Waals surface area contributed by atoms with E-state index >= 15 is 0 Å². The molecule has 6 heteroatoms. The van der Waals surface area contributed by atoms with Crippen LogP contribution >= 0.6 is 0 Å². The summed E-state index contributed by atoms with van der Waals surface area (Å²) >= 11 is 0. The Morgan fingerprint density at radius 3 is 2.45 bits per heavy atom. The molecule has 0 radical (unpaired) electrons. The second-order valence-corrected chi connectivity index (χ2v) is 5.08. The third kappa shape index (κ3) is 5.60. The van der Waals surface area contributed by atoms with Crippen molar-refractivity contribution in [2.75, 3.05) is 0 Å². The lowest BCUT2D eigenvalue weighted by molar-refractivity contribution is -0.384. The first-order valence-corrected chi connectivity index (χ1v) is 6.44. The van der Waals surface area contributed by atoms with Gasteiger partial charge in [-0.15, -0.1) is 0 Å². The molecule has 0 atom stereocenters. The predicted molar refractivity (Wildman–Crippen MR) is 77.5 cm³/mol. The van der Waals surface area contributed by atoms with Crippen LogP contribution in [0.4, 0.5) is 5.69 Å². The van der Waals surface area contributed by atoms with Gasteiger partial charge < -0.3 is 0 Å². The molecule has 1 rings (SSSR count). The number of rotatable bonds is 6. The predicted octanol–water partition coefficient (Wildman–Crippen LogP) is 2.68. The Morgan fingerprint density at radius 2 is 1.95 bits per heavy atom. The minimum atomic E-state index is -0.469. The Balaban J connectivity index is 2.52. The number of nitro benzene ring substituents is 1. The van der Waals surface area contributed by atoms with Crippen LogP contribution in [-0.4, -0.2) is 16.5 Å². The van der Waals surface area contributed by atoms with Gasteiger partial charge in [-0.2, -0.15) is 5.10 Å². The number of carbonyl (C=O) groups is 1. The summed E-state index contributed by atoms with van der Waals surface area (Å²) in [4.78, 5) is 21.7. The Bertz CT molecular complexity index is 507. The van der Waals surface area contributed by atoms with Gasteiger partial charge in [0.05, 0.1) is 11.3 Å². The molecule has 0 heterocycles. The number of nitrogens with zero attached hydrogens (tertiary/aromatic N) is 2. The number of amides is 1. The van der Waals surface area contributed by atoms with Gasteiger partial charge in [0.1, 0.15) is 0 Å². The largest absolute Gasteiger partial charge is 0.273 e. The fourth-order valence-electron chi connectivity index (χ4n) is 1.75. The van der Waals surface area contributed by atoms with E-state index in [0.29, 0.717) is 11.5 Å². The van der Waals surface area contributed by atoms with E-state index in [1.165, 1.54) is 12.1 Å². The van der Waals surface area contributed by atoms with E-state index in [2.05, 4.69) is 24.4 Å². The van der Waals surface area contributed by atoms with Gasteiger partial charge in [0.2, 0.25) is 5.91 Å². The normalized spacial score (nSPS) is 11.5. The lowest BCUT2D eigenvalue weighted by atomic mass is 10.1. The highest BCUT2D eigenvalue weighted by Crippen LogP contribution is 2.12. The molecule has 0 spiro atoms. The fourth-order valence-corrected chi connectivity index (χ4v) is 1.75. The first-order valence-electron chi connectivity index (χ1n) is 6.44. The van der Waals surface area contributed by atoms with E-state index in [9.17, 15) is 14.9 Å². The third-order valence-corrected chi connectivity index (χ3v) is 2.59. The molecule has 0 saturated heterocycles. The Morgan fingerprint density at radius 1 is 1.35 bits per heavy atom. The molecule has 6 nitrogen and oxygen atoms in total. The molecule has 0 bridgehead atoms. The Kier molecular flexibility index (Phi) is 5.83. The summed E-state index contributed by atoms with van der Waals surface area (Å²) in [6.07, 6.45) is 0.980. The molecule has 1 aromatic rings. The van der Waals surface area contributed by atoms with Crippen molar-refractivity contribution in [2.24, 2.45) is 11.0 Å². The van der Waals surface area contributed by atoms with Crippen LogP contribution in [0.3, 0.4) is 0 Å². The maximum atomic E-state index is 11.7. The number of nitrogens with one attached hydrogen (secondary N) is 1. The van der Waals surface area contributed by atoms with Crippen molar-refractivity contribution in [3.05, 3.63) is 39.9 Å². The fraction of sp³-hybridized carbons (Fsp3) is 0.429. The maximum Gasteiger partial charge on any atom is 0.269 e. The lowest BCUT2D eigenvalue weighted by Crippen LogP contribution is -2.21. The van der Waals surface area contributed by atoms with Crippen molar-refractivity contribution < 1.29 is 9.72 Å². The van der Waals surface area contributed by atoms with Crippen LogP contribution in [0.2, 0.25) is 0 Å². The zero-order valence-electron chi connectivity index (χ0n) is 11.9. The van der Waals surface area contributed by atoms with Gasteiger partial charge in [-0.05, 0) is 24.8 Å². The number of nitro groups is 1. The first-order chi connectivity index (χ1) is 9.38. The summed E-state index contributed by atoms with van der Waals surface area (Å²) in [5, 5.41) is 14.5. The molecule has 0 aliphatic rings.